The van der Waals surface area contributed by atoms with Gasteiger partial charge in [-0.05, 0) is 126 Å². The van der Waals surface area contributed by atoms with Crippen LogP contribution in [0.15, 0.2) is 462 Å². The fourth-order valence-corrected chi connectivity index (χ4v) is 23.8. The lowest BCUT2D eigenvalue weighted by Gasteiger charge is -2.21. The lowest BCUT2D eigenvalue weighted by atomic mass is 9.82. The molecule has 19 aromatic carbocycles. The molecule has 0 radical (unpaired) electrons. The molecule has 0 spiro atoms. The fourth-order valence-electron chi connectivity index (χ4n) is 22.7. The average Bonchev–Trinajstić information content (AvgIpc) is 1.54. The Labute approximate surface area is 821 Å². The molecule has 0 N–H and O–H groups in total. The minimum absolute atomic E-state index is 0.113. The molecule has 1 aliphatic carbocycles. The largest absolute Gasteiger partial charge is 0.452 e. The molecular weight excluding hydrogens is 1770 g/mol. The van der Waals surface area contributed by atoms with Crippen LogP contribution < -0.4 is 0 Å². The van der Waals surface area contributed by atoms with E-state index in [9.17, 15) is 0 Å². The molecule has 0 aliphatic heterocycles. The molecule has 31 rings (SSSR count). The summed E-state index contributed by atoms with van der Waals surface area (Å²) in [7, 11) is 0. The molecule has 0 atom stereocenters. The summed E-state index contributed by atoms with van der Waals surface area (Å²) in [4.78, 5) is 31.1. The first-order chi connectivity index (χ1) is 70.8. The van der Waals surface area contributed by atoms with Crippen LogP contribution in [0.5, 0.6) is 0 Å². The third-order valence-corrected chi connectivity index (χ3v) is 30.1. The number of nitrogens with zero attached hydrogens (tertiary/aromatic N) is 10. The molecule has 1 aliphatic rings. The number of furan rings is 3. The molecule has 0 bridgehead atoms. The van der Waals surface area contributed by atoms with Crippen molar-refractivity contribution >= 4 is 185 Å². The Morgan fingerprint density at radius 3 is 1.02 bits per heavy atom. The molecule has 0 saturated carbocycles. The first-order valence-electron chi connectivity index (χ1n) is 48.3. The topological polar surface area (TPSA) is 136 Å². The smallest absolute Gasteiger partial charge is 0.180 e. The van der Waals surface area contributed by atoms with Crippen molar-refractivity contribution in [2.75, 3.05) is 0 Å². The van der Waals surface area contributed by atoms with E-state index < -0.39 is 0 Å². The first kappa shape index (κ1) is 81.4. The van der Waals surface area contributed by atoms with Crippen molar-refractivity contribution in [1.29, 1.82) is 0 Å². The normalized spacial score (nSPS) is 12.5. The Kier molecular flexibility index (Phi) is 18.3. The lowest BCUT2D eigenvalue weighted by molar-refractivity contribution is 0.661. The highest BCUT2D eigenvalue weighted by Crippen LogP contribution is 2.56. The molecule has 13 nitrogen and oxygen atoms in total. The van der Waals surface area contributed by atoms with E-state index in [-0.39, 0.29) is 5.41 Å². The molecule has 143 heavy (non-hydrogen) atoms. The second-order valence-corrected chi connectivity index (χ2v) is 38.3. The van der Waals surface area contributed by atoms with Crippen LogP contribution in [0, 0.1) is 0 Å². The zero-order valence-corrected chi connectivity index (χ0v) is 78.1. The van der Waals surface area contributed by atoms with Gasteiger partial charge in [0.25, 0.3) is 0 Å². The van der Waals surface area contributed by atoms with Gasteiger partial charge in [-0.2, -0.15) is 0 Å². The van der Waals surface area contributed by atoms with E-state index in [1.165, 1.54) is 102 Å². The molecule has 0 fully saturated rings. The van der Waals surface area contributed by atoms with Gasteiger partial charge in [0, 0.05) is 129 Å². The molecule has 0 saturated heterocycles. The number of para-hydroxylation sites is 11. The zero-order valence-electron chi connectivity index (χ0n) is 77.3. The van der Waals surface area contributed by atoms with Gasteiger partial charge in [0.15, 0.2) is 34.2 Å². The van der Waals surface area contributed by atoms with Gasteiger partial charge in [-0.15, -0.1) is 11.3 Å². The summed E-state index contributed by atoms with van der Waals surface area (Å²) in [5, 5.41) is 15.2. The number of aromatic nitrogens is 10. The van der Waals surface area contributed by atoms with Crippen molar-refractivity contribution < 1.29 is 13.3 Å². The maximum absolute atomic E-state index is 6.62. The quantitative estimate of drug-likeness (QED) is 0.131. The van der Waals surface area contributed by atoms with Gasteiger partial charge < -0.3 is 31.5 Å². The molecule has 11 aromatic heterocycles. The van der Waals surface area contributed by atoms with Gasteiger partial charge >= 0.3 is 0 Å². The van der Waals surface area contributed by atoms with Gasteiger partial charge in [0.1, 0.15) is 50.4 Å². The van der Waals surface area contributed by atoms with Gasteiger partial charge in [0.2, 0.25) is 0 Å². The SMILES string of the molecule is CC1(C)c2ccccc2-c2c1ccc1c3ccccc3n(-c3ccccc3-c3nc(-c4ccccc4)nc4c3oc3ccccc34)c21.c1ccc(-c2nc(-c3ccccc3-n3c4ccccc4c4ccc5c(c6ccccc6n5-c5ccccc5)c43)c3oc4ccccc4c3n2)cc1.c1ccc(-c2nc(-c3ccccc3-n3c4ccccc4c4ccc5sc6ccccc6c5c43)c3oc4ccccc4c3n2)cc1. The van der Waals surface area contributed by atoms with Crippen molar-refractivity contribution in [3.63, 3.8) is 0 Å². The van der Waals surface area contributed by atoms with Crippen LogP contribution in [0.25, 0.3) is 275 Å². The van der Waals surface area contributed by atoms with Gasteiger partial charge in [-0.3, -0.25) is 0 Å². The second-order valence-electron chi connectivity index (χ2n) is 37.3. The molecule has 0 amide bonds. The summed E-state index contributed by atoms with van der Waals surface area (Å²) in [6.07, 6.45) is 0. The summed E-state index contributed by atoms with van der Waals surface area (Å²) < 4.78 is 32.0. The first-order valence-corrected chi connectivity index (χ1v) is 49.1. The van der Waals surface area contributed by atoms with E-state index in [2.05, 4.69) is 372 Å². The maximum atomic E-state index is 6.62. The van der Waals surface area contributed by atoms with Crippen molar-refractivity contribution in [3.8, 4) is 102 Å². The van der Waals surface area contributed by atoms with Crippen molar-refractivity contribution in [2.45, 2.75) is 19.3 Å². The fraction of sp³-hybridized carbons (Fsp3) is 0.0233. The second kappa shape index (κ2) is 32.2. The van der Waals surface area contributed by atoms with Gasteiger partial charge in [-0.25, -0.2) is 29.9 Å². The van der Waals surface area contributed by atoms with Crippen LogP contribution in [0.2, 0.25) is 0 Å². The number of thiophene rings is 1. The lowest BCUT2D eigenvalue weighted by Crippen LogP contribution is -2.14. The minimum atomic E-state index is -0.113. The van der Waals surface area contributed by atoms with E-state index in [0.717, 1.165) is 150 Å². The van der Waals surface area contributed by atoms with Gasteiger partial charge in [0.05, 0.1) is 61.2 Å². The molecule has 0 unspecified atom stereocenters. The van der Waals surface area contributed by atoms with E-state index in [0.29, 0.717) is 34.2 Å². The molecular formula is C129H80N10O3S. The zero-order chi connectivity index (χ0) is 94.2. The third kappa shape index (κ3) is 12.5. The summed E-state index contributed by atoms with van der Waals surface area (Å²) >= 11 is 1.85. The standard InChI is InChI=1S/C46H28N4O.C43H29N3O.C40H23N3OS/c1-3-15-29(16-4-1)46-47-42(45-43(48-46)35-22-10-14-26-40(35)51-45)34-21-9-13-25-38(34)50-36-23-11-7-19-31(36)32-27-28-39-41(44(32)50)33-20-8-12-24-37(33)49(39)30-17-5-2-6-18-30;1-43(2)32-20-10-6-17-29(32)37-33(43)25-24-28-27-16-7-11-21-34(27)46(40(28)37)35-22-12-8-18-30(35)38-41-39(31-19-9-13-23-36(31)47-41)45-42(44-38)26-14-4-3-5-15-26;1-2-12-24(13-3-1)40-41-36(39-37(42-40)28-16-6-10-20-32(28)44-39)27-15-5-9-19-31(27)43-30-18-8-4-14-25(30)26-22-23-34-35(38(26)43)29-17-7-11-21-33(29)45-34/h1-28H;3-25H,1-2H3;1-23H. The minimum Gasteiger partial charge on any atom is -0.452 e. The van der Waals surface area contributed by atoms with E-state index in [1.54, 1.807) is 0 Å². The van der Waals surface area contributed by atoms with Crippen LogP contribution >= 0.6 is 11.3 Å². The number of hydrogen-bond acceptors (Lipinski definition) is 10. The molecule has 11 heterocycles. The van der Waals surface area contributed by atoms with Crippen LogP contribution in [0.3, 0.4) is 0 Å². The Morgan fingerprint density at radius 1 is 0.224 bits per heavy atom. The monoisotopic (exact) mass is 1850 g/mol. The van der Waals surface area contributed by atoms with Crippen LogP contribution in [0.1, 0.15) is 25.0 Å². The van der Waals surface area contributed by atoms with E-state index >= 15 is 0 Å². The van der Waals surface area contributed by atoms with Crippen molar-refractivity contribution in [1.82, 2.24) is 48.2 Å². The van der Waals surface area contributed by atoms with E-state index in [1.807, 2.05) is 121 Å². The number of fused-ring (bicyclic) bond motifs is 30. The number of hydrogen-bond donors (Lipinski definition) is 0. The Morgan fingerprint density at radius 2 is 0.559 bits per heavy atom. The average molecular weight is 1850 g/mol. The highest BCUT2D eigenvalue weighted by atomic mass is 32.1. The Balaban J connectivity index is 0.000000102. The van der Waals surface area contributed by atoms with Crippen LogP contribution in [-0.2, 0) is 5.41 Å². The molecule has 14 heteroatoms. The highest BCUT2D eigenvalue weighted by molar-refractivity contribution is 7.26. The third-order valence-electron chi connectivity index (χ3n) is 29.0. The number of rotatable bonds is 10. The number of benzene rings is 19. The predicted octanol–water partition coefficient (Wildman–Crippen LogP) is 34.2. The summed E-state index contributed by atoms with van der Waals surface area (Å²) in [6.45, 7) is 4.68. The van der Waals surface area contributed by atoms with Crippen molar-refractivity contribution in [2.24, 2.45) is 0 Å². The summed E-state index contributed by atoms with van der Waals surface area (Å²) in [5.41, 5.74) is 33.8. The van der Waals surface area contributed by atoms with Crippen molar-refractivity contribution in [3.05, 3.63) is 460 Å². The van der Waals surface area contributed by atoms with Crippen LogP contribution in [0.4, 0.5) is 0 Å². The summed E-state index contributed by atoms with van der Waals surface area (Å²) in [6, 6.07) is 158. The maximum Gasteiger partial charge on any atom is 0.180 e. The van der Waals surface area contributed by atoms with E-state index in [4.69, 9.17) is 43.2 Å². The predicted molar refractivity (Wildman–Crippen MR) is 588 cm³/mol. The van der Waals surface area contributed by atoms with Gasteiger partial charge in [-0.1, -0.05) is 354 Å². The Bertz CT molecular complexity index is 10500. The van der Waals surface area contributed by atoms with Crippen LogP contribution in [-0.4, -0.2) is 48.2 Å². The highest BCUT2D eigenvalue weighted by Gasteiger charge is 2.39. The molecule has 30 aromatic rings. The summed E-state index contributed by atoms with van der Waals surface area (Å²) in [5.74, 6) is 2.01. The Hall–Kier alpha value is -18.8. The molecule has 670 valence electrons.